The first-order valence-corrected chi connectivity index (χ1v) is 13.8. The number of benzene rings is 2. The molecule has 8 nitrogen and oxygen atoms in total. The van der Waals surface area contributed by atoms with Gasteiger partial charge in [0.15, 0.2) is 0 Å². The highest BCUT2D eigenvalue weighted by Gasteiger charge is 2.38. The Bertz CT molecular complexity index is 1300. The molecular weight excluding hydrogens is 490 g/mol. The predicted octanol–water partition coefficient (Wildman–Crippen LogP) is 3.66. The molecule has 3 aromatic rings. The molecule has 0 amide bonds. The fourth-order valence-corrected chi connectivity index (χ4v) is 6.42. The molecule has 3 atom stereocenters. The molecule has 1 N–H and O–H groups in total. The minimum absolute atomic E-state index is 0.105. The molecule has 1 aromatic heterocycles. The van der Waals surface area contributed by atoms with E-state index in [-0.39, 0.29) is 30.1 Å². The van der Waals surface area contributed by atoms with E-state index in [0.717, 1.165) is 16.7 Å². The third kappa shape index (κ3) is 6.13. The Morgan fingerprint density at radius 2 is 1.89 bits per heavy atom. The number of hydrogen-bond acceptors (Lipinski definition) is 7. The highest BCUT2D eigenvalue weighted by Crippen LogP contribution is 2.37. The normalized spacial score (nSPS) is 20.4. The first kappa shape index (κ1) is 27.1. The molecule has 2 aromatic carbocycles. The van der Waals surface area contributed by atoms with Crippen molar-refractivity contribution in [2.24, 2.45) is 5.92 Å². The van der Waals surface area contributed by atoms with Gasteiger partial charge in [0.25, 0.3) is 0 Å². The Labute approximate surface area is 219 Å². The van der Waals surface area contributed by atoms with E-state index in [0.29, 0.717) is 24.6 Å². The molecule has 2 heterocycles. The van der Waals surface area contributed by atoms with Gasteiger partial charge in [-0.05, 0) is 67.1 Å². The van der Waals surface area contributed by atoms with Crippen LogP contribution in [0.3, 0.4) is 0 Å². The van der Waals surface area contributed by atoms with Crippen LogP contribution in [0, 0.1) is 5.92 Å². The Kier molecular flexibility index (Phi) is 8.49. The largest absolute Gasteiger partial charge is 0.497 e. The van der Waals surface area contributed by atoms with Gasteiger partial charge >= 0.3 is 0 Å². The molecule has 0 unspecified atom stereocenters. The lowest BCUT2D eigenvalue weighted by Crippen LogP contribution is -2.49. The number of hydrogen-bond donors (Lipinski definition) is 1. The molecule has 37 heavy (non-hydrogen) atoms. The summed E-state index contributed by atoms with van der Waals surface area (Å²) in [5, 5.41) is 9.87. The van der Waals surface area contributed by atoms with Crippen LogP contribution < -0.4 is 9.47 Å². The van der Waals surface area contributed by atoms with Gasteiger partial charge in [-0.1, -0.05) is 25.1 Å². The standard InChI is InChI=1S/C28H35N3O5S/c1-20-16-31(21(2)19-32)37(33,34)28-9-8-24(23-6-5-7-25(14-23)35-4)15-26(28)36-27(20)18-30(3)17-22-10-12-29-13-11-22/h5-15,20-21,27,32H,16-19H2,1-4H3/t20-,21-,27+/m0/s1. The topological polar surface area (TPSA) is 92.2 Å². The summed E-state index contributed by atoms with van der Waals surface area (Å²) in [6.07, 6.45) is 3.26. The van der Waals surface area contributed by atoms with Crippen molar-refractivity contribution in [3.63, 3.8) is 0 Å². The highest BCUT2D eigenvalue weighted by atomic mass is 32.2. The fourth-order valence-electron chi connectivity index (χ4n) is 4.60. The maximum atomic E-state index is 13.7. The summed E-state index contributed by atoms with van der Waals surface area (Å²) in [4.78, 5) is 6.35. The predicted molar refractivity (Wildman–Crippen MR) is 143 cm³/mol. The first-order chi connectivity index (χ1) is 17.7. The smallest absolute Gasteiger partial charge is 0.247 e. The molecule has 0 aliphatic carbocycles. The molecule has 9 heteroatoms. The van der Waals surface area contributed by atoms with Crippen LogP contribution >= 0.6 is 0 Å². The fraction of sp³-hybridized carbons (Fsp3) is 0.393. The van der Waals surface area contributed by atoms with Gasteiger partial charge in [-0.2, -0.15) is 4.31 Å². The van der Waals surface area contributed by atoms with Crippen LogP contribution in [0.25, 0.3) is 11.1 Å². The van der Waals surface area contributed by atoms with Crippen molar-refractivity contribution in [3.05, 3.63) is 72.6 Å². The van der Waals surface area contributed by atoms with Crippen molar-refractivity contribution in [1.82, 2.24) is 14.2 Å². The van der Waals surface area contributed by atoms with Crippen LogP contribution in [-0.4, -0.2) is 73.7 Å². The number of likely N-dealkylation sites (N-methyl/N-ethyl adjacent to an activating group) is 1. The van der Waals surface area contributed by atoms with E-state index >= 15 is 0 Å². The lowest BCUT2D eigenvalue weighted by molar-refractivity contribution is 0.0734. The number of aromatic nitrogens is 1. The van der Waals surface area contributed by atoms with Gasteiger partial charge in [0.1, 0.15) is 22.5 Å². The summed E-state index contributed by atoms with van der Waals surface area (Å²) in [7, 11) is -0.263. The van der Waals surface area contributed by atoms with Gasteiger partial charge < -0.3 is 14.6 Å². The van der Waals surface area contributed by atoms with Gasteiger partial charge in [-0.25, -0.2) is 8.42 Å². The summed E-state index contributed by atoms with van der Waals surface area (Å²) in [5.41, 5.74) is 2.85. The van der Waals surface area contributed by atoms with E-state index in [4.69, 9.17) is 9.47 Å². The number of pyridine rings is 1. The molecule has 1 aliphatic rings. The van der Waals surface area contributed by atoms with E-state index in [1.54, 1.807) is 44.6 Å². The summed E-state index contributed by atoms with van der Waals surface area (Å²) in [5.74, 6) is 0.895. The first-order valence-electron chi connectivity index (χ1n) is 12.4. The van der Waals surface area contributed by atoms with E-state index in [1.165, 1.54) is 4.31 Å². The molecular formula is C28H35N3O5S. The summed E-state index contributed by atoms with van der Waals surface area (Å²) in [6.45, 7) is 5.00. The van der Waals surface area contributed by atoms with Crippen molar-refractivity contribution in [2.75, 3.05) is 33.9 Å². The van der Waals surface area contributed by atoms with Crippen molar-refractivity contribution in [1.29, 1.82) is 0 Å². The average molecular weight is 526 g/mol. The lowest BCUT2D eigenvalue weighted by Gasteiger charge is -2.37. The lowest BCUT2D eigenvalue weighted by atomic mass is 10.0. The van der Waals surface area contributed by atoms with Gasteiger partial charge in [0, 0.05) is 44.0 Å². The molecule has 0 fully saturated rings. The Hall–Kier alpha value is -2.98. The molecule has 0 bridgehead atoms. The second-order valence-electron chi connectivity index (χ2n) is 9.69. The van der Waals surface area contributed by atoms with Gasteiger partial charge in [-0.3, -0.25) is 9.88 Å². The number of fused-ring (bicyclic) bond motifs is 1. The zero-order chi connectivity index (χ0) is 26.6. The summed E-state index contributed by atoms with van der Waals surface area (Å²) in [6, 6.07) is 16.2. The maximum Gasteiger partial charge on any atom is 0.247 e. The molecule has 1 aliphatic heterocycles. The summed E-state index contributed by atoms with van der Waals surface area (Å²) >= 11 is 0. The summed E-state index contributed by atoms with van der Waals surface area (Å²) < 4.78 is 40.8. The Balaban J connectivity index is 1.73. The van der Waals surface area contributed by atoms with Crippen molar-refractivity contribution in [2.45, 2.75) is 37.4 Å². The SMILES string of the molecule is COc1cccc(-c2ccc3c(c2)O[C@H](CN(C)Cc2ccncc2)[C@@H](C)CN([C@@H](C)CO)S3(=O)=O)c1. The number of ether oxygens (including phenoxy) is 2. The number of nitrogens with zero attached hydrogens (tertiary/aromatic N) is 3. The van der Waals surface area contributed by atoms with Crippen LogP contribution in [0.4, 0.5) is 0 Å². The van der Waals surface area contributed by atoms with Crippen LogP contribution in [-0.2, 0) is 16.6 Å². The quantitative estimate of drug-likeness (QED) is 0.480. The van der Waals surface area contributed by atoms with Crippen molar-refractivity contribution in [3.8, 4) is 22.6 Å². The number of methoxy groups -OCH3 is 1. The number of sulfonamides is 1. The maximum absolute atomic E-state index is 13.7. The zero-order valence-corrected chi connectivity index (χ0v) is 22.6. The van der Waals surface area contributed by atoms with Crippen LogP contribution in [0.2, 0.25) is 0 Å². The van der Waals surface area contributed by atoms with Gasteiger partial charge in [0.2, 0.25) is 10.0 Å². The van der Waals surface area contributed by atoms with E-state index < -0.39 is 16.1 Å². The third-order valence-corrected chi connectivity index (χ3v) is 8.78. The minimum Gasteiger partial charge on any atom is -0.497 e. The minimum atomic E-state index is -3.90. The second-order valence-corrected chi connectivity index (χ2v) is 11.5. The number of aliphatic hydroxyl groups is 1. The molecule has 0 radical (unpaired) electrons. The highest BCUT2D eigenvalue weighted by molar-refractivity contribution is 7.89. The molecule has 198 valence electrons. The van der Waals surface area contributed by atoms with Crippen LogP contribution in [0.1, 0.15) is 19.4 Å². The van der Waals surface area contributed by atoms with E-state index in [2.05, 4.69) is 9.88 Å². The number of aliphatic hydroxyl groups excluding tert-OH is 1. The third-order valence-electron chi connectivity index (χ3n) is 6.76. The monoisotopic (exact) mass is 525 g/mol. The molecule has 4 rings (SSSR count). The second kappa shape index (κ2) is 11.6. The van der Waals surface area contributed by atoms with Gasteiger partial charge in [-0.15, -0.1) is 0 Å². The molecule has 0 saturated carbocycles. The van der Waals surface area contributed by atoms with Gasteiger partial charge in [0.05, 0.1) is 13.7 Å². The van der Waals surface area contributed by atoms with Crippen LogP contribution in [0.15, 0.2) is 71.9 Å². The van der Waals surface area contributed by atoms with Crippen molar-refractivity contribution >= 4 is 10.0 Å². The Morgan fingerprint density at radius 3 is 2.59 bits per heavy atom. The van der Waals surface area contributed by atoms with Crippen LogP contribution in [0.5, 0.6) is 11.5 Å². The molecule has 0 spiro atoms. The Morgan fingerprint density at radius 1 is 1.16 bits per heavy atom. The average Bonchev–Trinajstić information content (AvgIpc) is 2.90. The van der Waals surface area contributed by atoms with E-state index in [9.17, 15) is 13.5 Å². The van der Waals surface area contributed by atoms with Crippen molar-refractivity contribution < 1.29 is 23.0 Å². The zero-order valence-electron chi connectivity index (χ0n) is 21.7. The molecule has 0 saturated heterocycles. The number of rotatable bonds is 8. The van der Waals surface area contributed by atoms with E-state index in [1.807, 2.05) is 50.4 Å².